The van der Waals surface area contributed by atoms with Crippen molar-refractivity contribution < 1.29 is 66.9 Å². The van der Waals surface area contributed by atoms with Gasteiger partial charge in [0.2, 0.25) is 11.8 Å². The number of quaternary nitrogens is 2. The summed E-state index contributed by atoms with van der Waals surface area (Å²) in [5.74, 6) is -1.15. The molecule has 16 heteroatoms. The molecule has 4 N–H and O–H groups in total. The number of allylic oxidation sites excluding steroid dienone is 2. The molecule has 0 aliphatic rings. The molecule has 0 heterocycles. The van der Waals surface area contributed by atoms with Crippen molar-refractivity contribution in [3.63, 3.8) is 0 Å². The number of aliphatic hydroxyl groups is 2. The molecule has 4 atom stereocenters. The normalized spacial score (nSPS) is 13.6. The molecule has 0 aliphatic carbocycles. The van der Waals surface area contributed by atoms with E-state index in [9.17, 15) is 39.0 Å². The first-order valence-electron chi connectivity index (χ1n) is 29.8. The van der Waals surface area contributed by atoms with Crippen LogP contribution in [0.25, 0.3) is 0 Å². The van der Waals surface area contributed by atoms with Crippen molar-refractivity contribution in [1.82, 2.24) is 10.6 Å². The molecular formula is C60H112N4O12+2. The van der Waals surface area contributed by atoms with E-state index in [1.165, 1.54) is 13.8 Å². The topological polar surface area (TPSA) is 204 Å². The molecule has 16 nitrogen and oxygen atoms in total. The molecule has 4 unspecified atom stereocenters. The number of nitrogens with one attached hydrogen (secondary N) is 2. The van der Waals surface area contributed by atoms with Crippen LogP contribution in [0, 0.1) is 0 Å². The van der Waals surface area contributed by atoms with Crippen LogP contribution >= 0.6 is 0 Å². The standard InChI is InChI=1S/C60H110N4O12/c1-9-11-29-39-55(75-59(71)49-63(5,6)45-47-73-51(3)65)53(67)37-31-23-17-13-15-19-25-33-41-57(69)61-43-35-27-21-22-28-36-44-62-58(70)42-34-26-20-16-14-18-24-32-38-54(68)56(40-30-12-10-2)76-60(72)50-64(7,8)46-48-74-52(4)66/h23-24,31-32,53-56,67-68H,9-22,25-30,33-50H2,1-8H3/p+2. The highest BCUT2D eigenvalue weighted by atomic mass is 16.6. The molecule has 0 aromatic heterocycles. The van der Waals surface area contributed by atoms with E-state index in [1.54, 1.807) is 0 Å². The molecule has 0 bridgehead atoms. The summed E-state index contributed by atoms with van der Waals surface area (Å²) in [7, 11) is 7.55. The number of hydrogen-bond donors (Lipinski definition) is 4. The zero-order valence-electron chi connectivity index (χ0n) is 49.4. The van der Waals surface area contributed by atoms with E-state index in [4.69, 9.17) is 18.9 Å². The smallest absolute Gasteiger partial charge is 0.362 e. The summed E-state index contributed by atoms with van der Waals surface area (Å²) in [4.78, 5) is 72.4. The average Bonchev–Trinajstić information content (AvgIpc) is 3.34. The number of carbonyl (C=O) groups excluding carboxylic acids is 6. The maximum Gasteiger partial charge on any atom is 0.362 e. The first-order chi connectivity index (χ1) is 36.3. The number of unbranched alkanes of at least 4 members (excludes halogenated alkanes) is 19. The number of aliphatic hydroxyl groups excluding tert-OH is 2. The Bertz CT molecular complexity index is 1470. The van der Waals surface area contributed by atoms with E-state index in [0.29, 0.717) is 60.6 Å². The lowest BCUT2D eigenvalue weighted by molar-refractivity contribution is -0.883. The third kappa shape index (κ3) is 46.3. The number of amides is 2. The number of esters is 4. The Morgan fingerprint density at radius 3 is 1.16 bits per heavy atom. The quantitative estimate of drug-likeness (QED) is 0.0148. The van der Waals surface area contributed by atoms with Crippen LogP contribution in [0.1, 0.15) is 220 Å². The molecule has 0 aromatic carbocycles. The van der Waals surface area contributed by atoms with Gasteiger partial charge in [-0.25, -0.2) is 9.59 Å². The van der Waals surface area contributed by atoms with Gasteiger partial charge >= 0.3 is 23.9 Å². The Hall–Kier alpha value is -3.86. The fourth-order valence-electron chi connectivity index (χ4n) is 8.75. The van der Waals surface area contributed by atoms with Crippen molar-refractivity contribution in [3.8, 4) is 0 Å². The highest BCUT2D eigenvalue weighted by molar-refractivity contribution is 5.76. The first-order valence-corrected chi connectivity index (χ1v) is 29.8. The summed E-state index contributed by atoms with van der Waals surface area (Å²) in [5.41, 5.74) is 0. The van der Waals surface area contributed by atoms with Gasteiger partial charge < -0.3 is 48.8 Å². The highest BCUT2D eigenvalue weighted by Gasteiger charge is 2.29. The summed E-state index contributed by atoms with van der Waals surface area (Å²) < 4.78 is 22.3. The van der Waals surface area contributed by atoms with Crippen molar-refractivity contribution in [2.75, 3.05) is 80.7 Å². The van der Waals surface area contributed by atoms with Gasteiger partial charge in [-0.3, -0.25) is 19.2 Å². The average molecular weight is 1080 g/mol. The van der Waals surface area contributed by atoms with E-state index < -0.39 is 24.4 Å². The van der Waals surface area contributed by atoms with Crippen molar-refractivity contribution >= 4 is 35.7 Å². The van der Waals surface area contributed by atoms with Crippen molar-refractivity contribution in [3.05, 3.63) is 24.3 Å². The fourth-order valence-corrected chi connectivity index (χ4v) is 8.75. The molecule has 0 radical (unpaired) electrons. The van der Waals surface area contributed by atoms with Crippen LogP contribution in [0.4, 0.5) is 0 Å². The third-order valence-electron chi connectivity index (χ3n) is 13.6. The lowest BCUT2D eigenvalue weighted by Crippen LogP contribution is -2.47. The molecule has 0 aromatic rings. The molecule has 2 amide bonds. The molecular weight excluding hydrogens is 969 g/mol. The molecule has 0 saturated carbocycles. The monoisotopic (exact) mass is 1080 g/mol. The van der Waals surface area contributed by atoms with Gasteiger partial charge in [0.25, 0.3) is 0 Å². The van der Waals surface area contributed by atoms with Crippen LogP contribution < -0.4 is 10.6 Å². The fraction of sp³-hybridized carbons (Fsp3) is 0.833. The van der Waals surface area contributed by atoms with E-state index >= 15 is 0 Å². The van der Waals surface area contributed by atoms with E-state index in [1.807, 2.05) is 40.3 Å². The maximum atomic E-state index is 12.8. The molecule has 442 valence electrons. The van der Waals surface area contributed by atoms with Gasteiger partial charge in [0.05, 0.1) is 40.4 Å². The first kappa shape index (κ1) is 72.1. The number of nitrogens with zero attached hydrogens (tertiary/aromatic N) is 2. The SMILES string of the molecule is CCCCCC(OC(=O)C[N+](C)(C)CCOC(C)=O)C(O)CC=CCCCCCCCC(=O)NCCCCCCCCNC(=O)CCCCCCCC=CCC(O)C(CCCCC)OC(=O)C[N+](C)(C)CCOC(C)=O. The van der Waals surface area contributed by atoms with Gasteiger partial charge in [0.15, 0.2) is 13.1 Å². The van der Waals surface area contributed by atoms with Crippen LogP contribution in [0.2, 0.25) is 0 Å². The van der Waals surface area contributed by atoms with Gasteiger partial charge in [-0.2, -0.15) is 0 Å². The Morgan fingerprint density at radius 2 is 0.803 bits per heavy atom. The Kier molecular flexibility index (Phi) is 44.8. The zero-order valence-corrected chi connectivity index (χ0v) is 49.4. The largest absolute Gasteiger partial charge is 0.460 e. The maximum absolute atomic E-state index is 12.8. The molecule has 0 rings (SSSR count). The van der Waals surface area contributed by atoms with Crippen molar-refractivity contribution in [1.29, 1.82) is 0 Å². The predicted molar refractivity (Wildman–Crippen MR) is 303 cm³/mol. The zero-order chi connectivity index (χ0) is 56.7. The summed E-state index contributed by atoms with van der Waals surface area (Å²) in [6.07, 6.45) is 33.2. The van der Waals surface area contributed by atoms with Crippen molar-refractivity contribution in [2.24, 2.45) is 0 Å². The Labute approximate surface area is 461 Å². The minimum absolute atomic E-state index is 0.130. The Balaban J connectivity index is 3.95. The van der Waals surface area contributed by atoms with Crippen molar-refractivity contribution in [2.45, 2.75) is 245 Å². The lowest BCUT2D eigenvalue weighted by atomic mass is 10.0. The minimum Gasteiger partial charge on any atom is -0.460 e. The second-order valence-electron chi connectivity index (χ2n) is 22.3. The number of likely N-dealkylation sites (N-methyl/N-ethyl adjacent to an activating group) is 2. The number of rotatable bonds is 51. The second-order valence-corrected chi connectivity index (χ2v) is 22.3. The lowest BCUT2D eigenvalue weighted by Gasteiger charge is -2.30. The van der Waals surface area contributed by atoms with Gasteiger partial charge in [0, 0.05) is 39.8 Å². The van der Waals surface area contributed by atoms with E-state index in [2.05, 4.69) is 36.6 Å². The van der Waals surface area contributed by atoms with Gasteiger partial charge in [-0.05, 0) is 89.9 Å². The van der Waals surface area contributed by atoms with Crippen LogP contribution in [-0.4, -0.2) is 160 Å². The second kappa shape index (κ2) is 47.2. The number of hydrogen-bond acceptors (Lipinski definition) is 12. The summed E-state index contributed by atoms with van der Waals surface area (Å²) in [5, 5.41) is 27.9. The minimum atomic E-state index is -0.762. The molecule has 76 heavy (non-hydrogen) atoms. The highest BCUT2D eigenvalue weighted by Crippen LogP contribution is 2.18. The number of carbonyl (C=O) groups is 6. The summed E-state index contributed by atoms with van der Waals surface area (Å²) in [6.45, 7) is 10.1. The van der Waals surface area contributed by atoms with Crippen LogP contribution in [0.5, 0.6) is 0 Å². The molecule has 0 fully saturated rings. The summed E-state index contributed by atoms with van der Waals surface area (Å²) >= 11 is 0. The number of ether oxygens (including phenoxy) is 4. The molecule has 0 aliphatic heterocycles. The van der Waals surface area contributed by atoms with Gasteiger partial charge in [0.1, 0.15) is 38.5 Å². The molecule has 0 saturated heterocycles. The molecule has 0 spiro atoms. The van der Waals surface area contributed by atoms with Gasteiger partial charge in [-0.1, -0.05) is 128 Å². The third-order valence-corrected chi connectivity index (χ3v) is 13.6. The predicted octanol–water partition coefficient (Wildman–Crippen LogP) is 9.90. The van der Waals surface area contributed by atoms with Gasteiger partial charge in [-0.15, -0.1) is 0 Å². The Morgan fingerprint density at radius 1 is 0.461 bits per heavy atom. The van der Waals surface area contributed by atoms with Crippen LogP contribution in [0.15, 0.2) is 24.3 Å². The van der Waals surface area contributed by atoms with Crippen LogP contribution in [-0.2, 0) is 47.7 Å². The van der Waals surface area contributed by atoms with E-state index in [-0.39, 0.29) is 62.0 Å². The van der Waals surface area contributed by atoms with E-state index in [0.717, 1.165) is 167 Å². The van der Waals surface area contributed by atoms with Crippen LogP contribution in [0.3, 0.4) is 0 Å². The summed E-state index contributed by atoms with van der Waals surface area (Å²) in [6, 6.07) is 0.